The Hall–Kier alpha value is -0.700. The van der Waals surface area contributed by atoms with Crippen molar-refractivity contribution < 1.29 is 18.3 Å². The van der Waals surface area contributed by atoms with Gasteiger partial charge in [0.25, 0.3) is 0 Å². The second-order valence-corrected chi connectivity index (χ2v) is 7.55. The van der Waals surface area contributed by atoms with Gasteiger partial charge in [-0.15, -0.1) is 0 Å². The Morgan fingerprint density at radius 2 is 2.11 bits per heavy atom. The molecule has 0 saturated carbocycles. The van der Waals surface area contributed by atoms with Crippen molar-refractivity contribution in [3.8, 4) is 0 Å². The molecule has 1 unspecified atom stereocenters. The zero-order chi connectivity index (χ0) is 14.3. The molecule has 0 radical (unpaired) electrons. The summed E-state index contributed by atoms with van der Waals surface area (Å²) in [4.78, 5) is 12.9. The van der Waals surface area contributed by atoms with Crippen LogP contribution >= 0.6 is 0 Å². The van der Waals surface area contributed by atoms with E-state index >= 15 is 0 Å². The molecule has 0 aliphatic carbocycles. The van der Waals surface area contributed by atoms with Gasteiger partial charge in [-0.05, 0) is 32.9 Å². The molecule has 8 heteroatoms. The van der Waals surface area contributed by atoms with Crippen molar-refractivity contribution in [2.24, 2.45) is 5.73 Å². The fourth-order valence-corrected chi connectivity index (χ4v) is 5.22. The number of aliphatic carboxylic acids is 1. The van der Waals surface area contributed by atoms with Crippen LogP contribution in [0.2, 0.25) is 0 Å². The van der Waals surface area contributed by atoms with Gasteiger partial charge in [-0.2, -0.15) is 4.31 Å². The number of carboxylic acids is 1. The van der Waals surface area contributed by atoms with Crippen molar-refractivity contribution >= 4 is 16.0 Å². The molecule has 1 spiro atoms. The van der Waals surface area contributed by atoms with E-state index in [0.717, 1.165) is 25.8 Å². The first-order valence-corrected chi connectivity index (χ1v) is 8.05. The van der Waals surface area contributed by atoms with E-state index in [0.29, 0.717) is 13.1 Å². The Kier molecular flexibility index (Phi) is 3.87. The number of likely N-dealkylation sites (N-methyl/N-ethyl adjacent to an activating group) is 1. The van der Waals surface area contributed by atoms with Crippen LogP contribution in [0.3, 0.4) is 0 Å². The maximum atomic E-state index is 12.4. The Morgan fingerprint density at radius 3 is 2.63 bits per heavy atom. The van der Waals surface area contributed by atoms with Gasteiger partial charge in [0.15, 0.2) is 0 Å². The number of carboxylic acid groups (broad SMARTS) is 1. The Labute approximate surface area is 113 Å². The molecular formula is C11H21N3O4S. The maximum absolute atomic E-state index is 12.4. The number of sulfonamides is 1. The number of carbonyl (C=O) groups is 1. The van der Waals surface area contributed by atoms with Crippen LogP contribution in [0.25, 0.3) is 0 Å². The molecule has 110 valence electrons. The highest BCUT2D eigenvalue weighted by molar-refractivity contribution is 7.89. The summed E-state index contributed by atoms with van der Waals surface area (Å²) in [6.07, 6.45) is 2.49. The highest BCUT2D eigenvalue weighted by Crippen LogP contribution is 2.39. The monoisotopic (exact) mass is 291 g/mol. The lowest BCUT2D eigenvalue weighted by molar-refractivity contribution is -0.138. The van der Waals surface area contributed by atoms with Crippen LogP contribution in [0.4, 0.5) is 0 Å². The zero-order valence-corrected chi connectivity index (χ0v) is 11.9. The van der Waals surface area contributed by atoms with Crippen LogP contribution in [0, 0.1) is 0 Å². The summed E-state index contributed by atoms with van der Waals surface area (Å²) in [7, 11) is -1.65. The van der Waals surface area contributed by atoms with E-state index < -0.39 is 27.8 Å². The van der Waals surface area contributed by atoms with Gasteiger partial charge in [0, 0.05) is 18.6 Å². The Morgan fingerprint density at radius 1 is 1.42 bits per heavy atom. The van der Waals surface area contributed by atoms with Crippen LogP contribution in [-0.2, 0) is 14.8 Å². The maximum Gasteiger partial charge on any atom is 0.321 e. The number of rotatable bonds is 4. The zero-order valence-electron chi connectivity index (χ0n) is 11.1. The lowest BCUT2D eigenvalue weighted by Gasteiger charge is -2.34. The van der Waals surface area contributed by atoms with Crippen LogP contribution in [0.15, 0.2) is 0 Å². The predicted molar refractivity (Wildman–Crippen MR) is 70.2 cm³/mol. The minimum absolute atomic E-state index is 0.341. The van der Waals surface area contributed by atoms with Crippen molar-refractivity contribution in [2.75, 3.05) is 32.4 Å². The highest BCUT2D eigenvalue weighted by Gasteiger charge is 2.50. The summed E-state index contributed by atoms with van der Waals surface area (Å²) in [5.74, 6) is -1.80. The van der Waals surface area contributed by atoms with Crippen LogP contribution in [-0.4, -0.2) is 72.7 Å². The molecule has 3 N–H and O–H groups in total. The molecular weight excluding hydrogens is 270 g/mol. The fraction of sp³-hybridized carbons (Fsp3) is 0.909. The lowest BCUT2D eigenvalue weighted by Crippen LogP contribution is -2.52. The van der Waals surface area contributed by atoms with E-state index in [1.54, 1.807) is 0 Å². The van der Waals surface area contributed by atoms with E-state index in [2.05, 4.69) is 4.90 Å². The molecule has 2 fully saturated rings. The van der Waals surface area contributed by atoms with E-state index in [1.165, 1.54) is 4.31 Å². The lowest BCUT2D eigenvalue weighted by atomic mass is 9.97. The van der Waals surface area contributed by atoms with Crippen molar-refractivity contribution in [2.45, 2.75) is 30.8 Å². The fourth-order valence-electron chi connectivity index (χ4n) is 3.20. The first kappa shape index (κ1) is 14.7. The predicted octanol–water partition coefficient (Wildman–Crippen LogP) is -1.10. The normalized spacial score (nSPS) is 31.1. The minimum Gasteiger partial charge on any atom is -0.480 e. The SMILES string of the molecule is CN1CCC2(CCCN2S(=O)(=O)C[C@H](N)C(=O)O)C1. The van der Waals surface area contributed by atoms with Gasteiger partial charge in [0.2, 0.25) is 10.0 Å². The minimum atomic E-state index is -3.62. The van der Waals surface area contributed by atoms with Crippen molar-refractivity contribution in [3.05, 3.63) is 0 Å². The van der Waals surface area contributed by atoms with E-state index in [4.69, 9.17) is 10.8 Å². The average Bonchev–Trinajstić information content (AvgIpc) is 2.86. The van der Waals surface area contributed by atoms with E-state index in [1.807, 2.05) is 7.05 Å². The largest absolute Gasteiger partial charge is 0.480 e. The summed E-state index contributed by atoms with van der Waals surface area (Å²) in [6.45, 7) is 2.06. The molecule has 0 aromatic rings. The van der Waals surface area contributed by atoms with Crippen LogP contribution < -0.4 is 5.73 Å². The Bertz CT molecular complexity index is 467. The highest BCUT2D eigenvalue weighted by atomic mass is 32.2. The summed E-state index contributed by atoms with van der Waals surface area (Å²) in [6, 6.07) is -1.36. The molecule has 0 aromatic heterocycles. The summed E-state index contributed by atoms with van der Waals surface area (Å²) >= 11 is 0. The quantitative estimate of drug-likeness (QED) is 0.681. The summed E-state index contributed by atoms with van der Waals surface area (Å²) < 4.78 is 26.3. The first-order chi connectivity index (χ1) is 8.77. The standard InChI is InChI=1S/C11H21N3O4S/c1-13-6-4-11(8-13)3-2-5-14(11)19(17,18)7-9(12)10(15)16/h9H,2-8,12H2,1H3,(H,15,16)/t9-,11?/m0/s1. The topological polar surface area (TPSA) is 104 Å². The molecule has 19 heavy (non-hydrogen) atoms. The molecule has 7 nitrogen and oxygen atoms in total. The summed E-state index contributed by atoms with van der Waals surface area (Å²) in [5.41, 5.74) is 5.03. The van der Waals surface area contributed by atoms with Gasteiger partial charge in [0.1, 0.15) is 6.04 Å². The third-order valence-electron chi connectivity index (χ3n) is 4.10. The number of nitrogens with zero attached hydrogens (tertiary/aromatic N) is 2. The smallest absolute Gasteiger partial charge is 0.321 e. The first-order valence-electron chi connectivity index (χ1n) is 6.44. The van der Waals surface area contributed by atoms with E-state index in [9.17, 15) is 13.2 Å². The van der Waals surface area contributed by atoms with Crippen LogP contribution in [0.1, 0.15) is 19.3 Å². The third-order valence-corrected chi connectivity index (χ3v) is 6.12. The molecule has 0 aromatic carbocycles. The third kappa shape index (κ3) is 2.76. The summed E-state index contributed by atoms with van der Waals surface area (Å²) in [5, 5.41) is 8.77. The molecule has 2 saturated heterocycles. The van der Waals surface area contributed by atoms with E-state index in [-0.39, 0.29) is 5.54 Å². The van der Waals surface area contributed by atoms with Gasteiger partial charge in [-0.1, -0.05) is 0 Å². The van der Waals surface area contributed by atoms with Crippen molar-refractivity contribution in [1.82, 2.24) is 9.21 Å². The molecule has 2 rings (SSSR count). The molecule has 0 amide bonds. The van der Waals surface area contributed by atoms with Gasteiger partial charge < -0.3 is 15.7 Å². The van der Waals surface area contributed by atoms with Crippen molar-refractivity contribution in [3.63, 3.8) is 0 Å². The molecule has 0 bridgehead atoms. The molecule has 2 heterocycles. The number of likely N-dealkylation sites (tertiary alicyclic amines) is 1. The van der Waals surface area contributed by atoms with Gasteiger partial charge in [0.05, 0.1) is 5.75 Å². The average molecular weight is 291 g/mol. The van der Waals surface area contributed by atoms with Gasteiger partial charge in [-0.3, -0.25) is 4.79 Å². The van der Waals surface area contributed by atoms with Gasteiger partial charge >= 0.3 is 5.97 Å². The second-order valence-electron chi connectivity index (χ2n) is 5.61. The number of hydrogen-bond donors (Lipinski definition) is 2. The molecule has 2 aliphatic heterocycles. The second kappa shape index (κ2) is 5.01. The number of nitrogens with two attached hydrogens (primary N) is 1. The van der Waals surface area contributed by atoms with Crippen molar-refractivity contribution in [1.29, 1.82) is 0 Å². The van der Waals surface area contributed by atoms with Gasteiger partial charge in [-0.25, -0.2) is 8.42 Å². The Balaban J connectivity index is 2.18. The molecule has 2 aliphatic rings. The van der Waals surface area contributed by atoms with Crippen LogP contribution in [0.5, 0.6) is 0 Å². The number of hydrogen-bond acceptors (Lipinski definition) is 5. The molecule has 2 atom stereocenters.